The molecule has 0 fully saturated rings. The Morgan fingerprint density at radius 2 is 1.73 bits per heavy atom. The summed E-state index contributed by atoms with van der Waals surface area (Å²) in [7, 11) is 0. The molecule has 37 heavy (non-hydrogen) atoms. The molecule has 5 N–H and O–H groups in total. The van der Waals surface area contributed by atoms with Crippen molar-refractivity contribution < 1.29 is 29.0 Å². The highest BCUT2D eigenvalue weighted by Gasteiger charge is 2.24. The van der Waals surface area contributed by atoms with Crippen LogP contribution in [0.25, 0.3) is 0 Å². The third kappa shape index (κ3) is 8.22. The number of alkyl carbamates (subject to hydrolysis) is 1. The van der Waals surface area contributed by atoms with Gasteiger partial charge in [0, 0.05) is 11.5 Å². The number of benzene rings is 3. The van der Waals surface area contributed by atoms with Crippen molar-refractivity contribution >= 4 is 29.3 Å². The topological polar surface area (TPSA) is 140 Å². The molecule has 0 aliphatic heterocycles. The Hall–Kier alpha value is -4.63. The van der Waals surface area contributed by atoms with Gasteiger partial charge >= 0.3 is 6.09 Å². The van der Waals surface area contributed by atoms with E-state index in [0.717, 1.165) is 0 Å². The first-order valence-electron chi connectivity index (χ1n) is 11.6. The predicted octanol–water partition coefficient (Wildman–Crippen LogP) is 4.08. The number of carbonyl (C=O) groups excluding carboxylic acids is 3. The molecule has 3 aromatic carbocycles. The number of amides is 3. The molecule has 0 heterocycles. The van der Waals surface area contributed by atoms with Gasteiger partial charge in [-0.25, -0.2) is 4.79 Å². The van der Waals surface area contributed by atoms with Crippen molar-refractivity contribution in [2.75, 3.05) is 24.3 Å². The molecule has 3 amide bonds. The van der Waals surface area contributed by atoms with E-state index in [2.05, 4.69) is 10.6 Å². The van der Waals surface area contributed by atoms with Crippen molar-refractivity contribution in [3.05, 3.63) is 102 Å². The van der Waals surface area contributed by atoms with E-state index in [1.54, 1.807) is 91.9 Å². The number of ether oxygens (including phenoxy) is 2. The van der Waals surface area contributed by atoms with Gasteiger partial charge in [-0.15, -0.1) is 0 Å². The number of nitrogens with one attached hydrogen (secondary N) is 2. The Morgan fingerprint density at radius 3 is 2.46 bits per heavy atom. The largest absolute Gasteiger partial charge is 0.491 e. The zero-order chi connectivity index (χ0) is 26.6. The highest BCUT2D eigenvalue weighted by molar-refractivity contribution is 6.03. The van der Waals surface area contributed by atoms with Gasteiger partial charge in [0.15, 0.2) is 0 Å². The molecule has 9 nitrogen and oxygen atoms in total. The Bertz CT molecular complexity index is 1250. The van der Waals surface area contributed by atoms with Crippen molar-refractivity contribution in [3.63, 3.8) is 0 Å². The van der Waals surface area contributed by atoms with E-state index in [4.69, 9.17) is 20.3 Å². The molecule has 0 aromatic heterocycles. The van der Waals surface area contributed by atoms with Crippen LogP contribution in [0.2, 0.25) is 0 Å². The van der Waals surface area contributed by atoms with E-state index in [9.17, 15) is 14.4 Å². The lowest BCUT2D eigenvalue weighted by Gasteiger charge is -2.23. The Balaban J connectivity index is 1.77. The zero-order valence-corrected chi connectivity index (χ0v) is 20.3. The van der Waals surface area contributed by atoms with Gasteiger partial charge in [-0.05, 0) is 48.0 Å². The summed E-state index contributed by atoms with van der Waals surface area (Å²) in [6.45, 7) is 1.70. The van der Waals surface area contributed by atoms with Crippen LogP contribution in [0.1, 0.15) is 28.9 Å². The summed E-state index contributed by atoms with van der Waals surface area (Å²) in [5, 5.41) is 14.0. The Labute approximate surface area is 214 Å². The molecule has 0 unspecified atom stereocenters. The van der Waals surface area contributed by atoms with Crippen LogP contribution >= 0.6 is 0 Å². The van der Waals surface area contributed by atoms with Gasteiger partial charge in [-0.3, -0.25) is 14.9 Å². The fraction of sp³-hybridized carbons (Fsp3) is 0.179. The molecule has 3 rings (SSSR count). The molecule has 0 aliphatic carbocycles. The number of hydrogen-bond acceptors (Lipinski definition) is 7. The van der Waals surface area contributed by atoms with Crippen LogP contribution in [0.15, 0.2) is 91.0 Å². The number of hydrogen-bond donors (Lipinski definition) is 4. The van der Waals surface area contributed by atoms with E-state index in [1.165, 1.54) is 6.08 Å². The number of nitrogen functional groups attached to an aromatic ring is 1. The summed E-state index contributed by atoms with van der Waals surface area (Å²) >= 11 is 0. The molecule has 192 valence electrons. The number of nitrogens with two attached hydrogens (primary N) is 1. The van der Waals surface area contributed by atoms with Gasteiger partial charge in [0.1, 0.15) is 18.5 Å². The van der Waals surface area contributed by atoms with E-state index in [1.807, 2.05) is 0 Å². The maximum absolute atomic E-state index is 12.7. The summed E-state index contributed by atoms with van der Waals surface area (Å²) in [5.41, 5.74) is 7.66. The lowest BCUT2D eigenvalue weighted by Crippen LogP contribution is -2.33. The number of carbonyl (C=O) groups is 3. The third-order valence-electron chi connectivity index (χ3n) is 5.28. The van der Waals surface area contributed by atoms with Crippen molar-refractivity contribution in [1.29, 1.82) is 0 Å². The van der Waals surface area contributed by atoms with Crippen molar-refractivity contribution in [3.8, 4) is 5.75 Å². The Kier molecular flexibility index (Phi) is 9.81. The molecule has 0 aliphatic rings. The third-order valence-corrected chi connectivity index (χ3v) is 5.28. The molecular formula is C28H29N3O6. The molecule has 2 atom stereocenters. The maximum atomic E-state index is 12.7. The lowest BCUT2D eigenvalue weighted by atomic mass is 9.96. The molecule has 0 radical (unpaired) electrons. The minimum Gasteiger partial charge on any atom is -0.491 e. The second-order valence-electron chi connectivity index (χ2n) is 8.09. The smallest absolute Gasteiger partial charge is 0.414 e. The number of imide groups is 1. The molecule has 9 heteroatoms. The second kappa shape index (κ2) is 13.5. The summed E-state index contributed by atoms with van der Waals surface area (Å²) in [5.74, 6) is -1.03. The first-order valence-corrected chi connectivity index (χ1v) is 11.6. The molecular weight excluding hydrogens is 474 g/mol. The molecule has 0 spiro atoms. The summed E-state index contributed by atoms with van der Waals surface area (Å²) in [6.07, 6.45) is 1.11. The SMILES string of the molecule is C[C@@H](/C=C/C(=O)Nc1ccccc1N)[C@H](OC(=O)NC(=O)c1ccccc1)c1cccc(OCCO)c1. The molecule has 0 saturated carbocycles. The van der Waals surface area contributed by atoms with Crippen LogP contribution in [0.4, 0.5) is 16.2 Å². The van der Waals surface area contributed by atoms with Gasteiger partial charge in [0.2, 0.25) is 5.91 Å². The van der Waals surface area contributed by atoms with Gasteiger partial charge in [-0.1, -0.05) is 55.5 Å². The van der Waals surface area contributed by atoms with E-state index in [-0.39, 0.29) is 13.2 Å². The van der Waals surface area contributed by atoms with Crippen LogP contribution < -0.4 is 21.1 Å². The first kappa shape index (κ1) is 27.0. The number of rotatable bonds is 10. The van der Waals surface area contributed by atoms with E-state index in [0.29, 0.717) is 28.3 Å². The highest BCUT2D eigenvalue weighted by atomic mass is 16.6. The van der Waals surface area contributed by atoms with Gasteiger partial charge < -0.3 is 25.6 Å². The Morgan fingerprint density at radius 1 is 1.00 bits per heavy atom. The van der Waals surface area contributed by atoms with Crippen LogP contribution in [-0.4, -0.2) is 36.2 Å². The van der Waals surface area contributed by atoms with Gasteiger partial charge in [0.05, 0.1) is 18.0 Å². The van der Waals surface area contributed by atoms with Crippen LogP contribution in [-0.2, 0) is 9.53 Å². The summed E-state index contributed by atoms with van der Waals surface area (Å²) in [6, 6.07) is 22.0. The van der Waals surface area contributed by atoms with Gasteiger partial charge in [0.25, 0.3) is 5.91 Å². The number of aliphatic hydroxyl groups excluding tert-OH is 1. The molecule has 0 saturated heterocycles. The number of para-hydroxylation sites is 2. The number of anilines is 2. The average Bonchev–Trinajstić information content (AvgIpc) is 2.91. The monoisotopic (exact) mass is 503 g/mol. The normalized spacial score (nSPS) is 12.4. The van der Waals surface area contributed by atoms with Crippen LogP contribution in [0.3, 0.4) is 0 Å². The standard InChI is InChI=1S/C28H29N3O6/c1-19(14-15-25(33)30-24-13-6-5-12-23(24)29)26(21-10-7-11-22(18-21)36-17-16-32)37-28(35)31-27(34)20-8-3-2-4-9-20/h2-15,18-19,26,32H,16-17,29H2,1H3,(H,30,33)(H,31,34,35)/b15-14+/t19-,26-/m0/s1. The van der Waals surface area contributed by atoms with E-state index < -0.39 is 29.9 Å². The molecule has 3 aromatic rings. The van der Waals surface area contributed by atoms with Crippen molar-refractivity contribution in [1.82, 2.24) is 5.32 Å². The maximum Gasteiger partial charge on any atom is 0.414 e. The van der Waals surface area contributed by atoms with Crippen molar-refractivity contribution in [2.24, 2.45) is 5.92 Å². The fourth-order valence-corrected chi connectivity index (χ4v) is 3.45. The van der Waals surface area contributed by atoms with E-state index >= 15 is 0 Å². The number of aliphatic hydroxyl groups is 1. The molecule has 0 bridgehead atoms. The zero-order valence-electron chi connectivity index (χ0n) is 20.3. The summed E-state index contributed by atoms with van der Waals surface area (Å²) in [4.78, 5) is 37.5. The average molecular weight is 504 g/mol. The van der Waals surface area contributed by atoms with Gasteiger partial charge in [-0.2, -0.15) is 0 Å². The fourth-order valence-electron chi connectivity index (χ4n) is 3.45. The van der Waals surface area contributed by atoms with Crippen LogP contribution in [0, 0.1) is 5.92 Å². The van der Waals surface area contributed by atoms with Crippen molar-refractivity contribution in [2.45, 2.75) is 13.0 Å². The minimum absolute atomic E-state index is 0.0965. The minimum atomic E-state index is -0.942. The summed E-state index contributed by atoms with van der Waals surface area (Å²) < 4.78 is 11.1. The van der Waals surface area contributed by atoms with Crippen LogP contribution in [0.5, 0.6) is 5.75 Å². The predicted molar refractivity (Wildman–Crippen MR) is 140 cm³/mol. The quantitative estimate of drug-likeness (QED) is 0.241. The highest BCUT2D eigenvalue weighted by Crippen LogP contribution is 2.30. The lowest BCUT2D eigenvalue weighted by molar-refractivity contribution is -0.111. The first-order chi connectivity index (χ1) is 17.9. The second-order valence-corrected chi connectivity index (χ2v) is 8.09.